The molecule has 1 saturated carbocycles. The van der Waals surface area contributed by atoms with Gasteiger partial charge in [-0.05, 0) is 32.7 Å². The number of aromatic nitrogens is 2. The summed E-state index contributed by atoms with van der Waals surface area (Å²) in [4.78, 5) is 18.1. The van der Waals surface area contributed by atoms with Crippen molar-refractivity contribution in [3.8, 4) is 5.88 Å². The van der Waals surface area contributed by atoms with Crippen molar-refractivity contribution in [1.29, 1.82) is 0 Å². The first-order chi connectivity index (χ1) is 8.19. The number of hydrogen-bond acceptors (Lipinski definition) is 4. The standard InChI is InChI=1S/C12H19N3O2/c1-8-14-11(16)6-12(15-8)17-10-5-3-2-4-9(10)7-13/h6,9-10H,2-5,7,13H2,1H3,(H,14,15,16). The summed E-state index contributed by atoms with van der Waals surface area (Å²) in [6.07, 6.45) is 4.56. The zero-order valence-corrected chi connectivity index (χ0v) is 10.1. The van der Waals surface area contributed by atoms with Gasteiger partial charge >= 0.3 is 0 Å². The van der Waals surface area contributed by atoms with Crippen molar-refractivity contribution >= 4 is 0 Å². The van der Waals surface area contributed by atoms with Gasteiger partial charge in [0, 0.05) is 5.92 Å². The number of nitrogens with two attached hydrogens (primary N) is 1. The Labute approximate surface area is 100 Å². The maximum absolute atomic E-state index is 11.3. The molecule has 2 unspecified atom stereocenters. The van der Waals surface area contributed by atoms with Crippen molar-refractivity contribution < 1.29 is 4.74 Å². The first-order valence-corrected chi connectivity index (χ1v) is 6.13. The van der Waals surface area contributed by atoms with Crippen molar-refractivity contribution in [3.05, 3.63) is 22.2 Å². The number of ether oxygens (including phenoxy) is 1. The summed E-state index contributed by atoms with van der Waals surface area (Å²) >= 11 is 0. The SMILES string of the molecule is Cc1nc(OC2CCCCC2CN)cc(=O)[nH]1. The normalized spacial score (nSPS) is 24.6. The predicted octanol–water partition coefficient (Wildman–Crippen LogP) is 0.975. The van der Waals surface area contributed by atoms with Gasteiger partial charge in [-0.1, -0.05) is 6.42 Å². The lowest BCUT2D eigenvalue weighted by molar-refractivity contribution is 0.0918. The Balaban J connectivity index is 2.10. The first-order valence-electron chi connectivity index (χ1n) is 6.13. The summed E-state index contributed by atoms with van der Waals surface area (Å²) in [6.45, 7) is 2.38. The topological polar surface area (TPSA) is 81.0 Å². The van der Waals surface area contributed by atoms with Gasteiger partial charge in [0.25, 0.3) is 5.56 Å². The summed E-state index contributed by atoms with van der Waals surface area (Å²) < 4.78 is 5.81. The Hall–Kier alpha value is -1.36. The van der Waals surface area contributed by atoms with Crippen molar-refractivity contribution in [2.45, 2.75) is 38.7 Å². The highest BCUT2D eigenvalue weighted by Gasteiger charge is 2.26. The Morgan fingerprint density at radius 3 is 3.00 bits per heavy atom. The third-order valence-electron chi connectivity index (χ3n) is 3.25. The van der Waals surface area contributed by atoms with Crippen molar-refractivity contribution in [2.24, 2.45) is 11.7 Å². The fourth-order valence-electron chi connectivity index (χ4n) is 2.37. The summed E-state index contributed by atoms with van der Waals surface area (Å²) in [6, 6.07) is 1.40. The smallest absolute Gasteiger partial charge is 0.254 e. The number of H-pyrrole nitrogens is 1. The molecule has 1 aromatic rings. The van der Waals surface area contributed by atoms with E-state index in [0.29, 0.717) is 24.2 Å². The molecule has 1 aromatic heterocycles. The van der Waals surface area contributed by atoms with Gasteiger partial charge in [-0.15, -0.1) is 0 Å². The maximum atomic E-state index is 11.3. The van der Waals surface area contributed by atoms with E-state index >= 15 is 0 Å². The van der Waals surface area contributed by atoms with Crippen LogP contribution in [-0.2, 0) is 0 Å². The first kappa shape index (κ1) is 12.1. The molecule has 0 aliphatic heterocycles. The van der Waals surface area contributed by atoms with Crippen molar-refractivity contribution in [1.82, 2.24) is 9.97 Å². The summed E-state index contributed by atoms with van der Waals surface area (Å²) in [5.74, 6) is 1.37. The van der Waals surface area contributed by atoms with Crippen LogP contribution in [0.2, 0.25) is 0 Å². The number of aromatic amines is 1. The lowest BCUT2D eigenvalue weighted by Gasteiger charge is -2.30. The molecule has 1 aliphatic rings. The largest absolute Gasteiger partial charge is 0.474 e. The van der Waals surface area contributed by atoms with Crippen molar-refractivity contribution in [3.63, 3.8) is 0 Å². The second-order valence-corrected chi connectivity index (χ2v) is 4.61. The lowest BCUT2D eigenvalue weighted by Crippen LogP contribution is -2.35. The molecule has 2 atom stereocenters. The van der Waals surface area contributed by atoms with Crippen LogP contribution >= 0.6 is 0 Å². The van der Waals surface area contributed by atoms with Crippen LogP contribution in [0.3, 0.4) is 0 Å². The summed E-state index contributed by atoms with van der Waals surface area (Å²) in [7, 11) is 0. The van der Waals surface area contributed by atoms with Gasteiger partial charge in [-0.25, -0.2) is 4.98 Å². The van der Waals surface area contributed by atoms with E-state index in [4.69, 9.17) is 10.5 Å². The average molecular weight is 237 g/mol. The van der Waals surface area contributed by atoms with E-state index in [1.54, 1.807) is 6.92 Å². The van der Waals surface area contributed by atoms with E-state index in [9.17, 15) is 4.79 Å². The third-order valence-corrected chi connectivity index (χ3v) is 3.25. The Morgan fingerprint density at radius 1 is 1.53 bits per heavy atom. The van der Waals surface area contributed by atoms with Gasteiger partial charge < -0.3 is 15.5 Å². The van der Waals surface area contributed by atoms with E-state index in [2.05, 4.69) is 9.97 Å². The molecule has 2 rings (SSSR count). The van der Waals surface area contributed by atoms with Gasteiger partial charge in [0.1, 0.15) is 11.9 Å². The molecule has 0 bridgehead atoms. The van der Waals surface area contributed by atoms with Crippen LogP contribution in [0.15, 0.2) is 10.9 Å². The fourth-order valence-corrected chi connectivity index (χ4v) is 2.37. The molecule has 0 radical (unpaired) electrons. The van der Waals surface area contributed by atoms with E-state index in [-0.39, 0.29) is 11.7 Å². The minimum atomic E-state index is -0.174. The van der Waals surface area contributed by atoms with Crippen LogP contribution in [-0.4, -0.2) is 22.6 Å². The molecule has 5 heteroatoms. The van der Waals surface area contributed by atoms with Gasteiger partial charge in [0.15, 0.2) is 0 Å². The second kappa shape index (κ2) is 5.31. The highest BCUT2D eigenvalue weighted by atomic mass is 16.5. The number of nitrogens with one attached hydrogen (secondary N) is 1. The van der Waals surface area contributed by atoms with Crippen LogP contribution < -0.4 is 16.0 Å². The van der Waals surface area contributed by atoms with E-state index in [1.807, 2.05) is 0 Å². The lowest BCUT2D eigenvalue weighted by atomic mass is 9.86. The number of hydrogen-bond donors (Lipinski definition) is 2. The molecule has 0 spiro atoms. The zero-order chi connectivity index (χ0) is 12.3. The molecule has 0 saturated heterocycles. The molecular formula is C12H19N3O2. The molecular weight excluding hydrogens is 218 g/mol. The fraction of sp³-hybridized carbons (Fsp3) is 0.667. The second-order valence-electron chi connectivity index (χ2n) is 4.61. The minimum absolute atomic E-state index is 0.0995. The Kier molecular flexibility index (Phi) is 3.78. The quantitative estimate of drug-likeness (QED) is 0.821. The van der Waals surface area contributed by atoms with Gasteiger partial charge in [-0.3, -0.25) is 4.79 Å². The van der Waals surface area contributed by atoms with E-state index < -0.39 is 0 Å². The van der Waals surface area contributed by atoms with Crippen molar-refractivity contribution in [2.75, 3.05) is 6.54 Å². The zero-order valence-electron chi connectivity index (χ0n) is 10.1. The molecule has 0 amide bonds. The Bertz CT molecular complexity index is 430. The minimum Gasteiger partial charge on any atom is -0.474 e. The van der Waals surface area contributed by atoms with E-state index in [0.717, 1.165) is 19.3 Å². The summed E-state index contributed by atoms with van der Waals surface area (Å²) in [5, 5.41) is 0. The highest BCUT2D eigenvalue weighted by molar-refractivity contribution is 5.09. The van der Waals surface area contributed by atoms with Gasteiger partial charge in [-0.2, -0.15) is 0 Å². The highest BCUT2D eigenvalue weighted by Crippen LogP contribution is 2.26. The van der Waals surface area contributed by atoms with Crippen LogP contribution in [0.5, 0.6) is 5.88 Å². The van der Waals surface area contributed by atoms with Crippen LogP contribution in [0.1, 0.15) is 31.5 Å². The number of rotatable bonds is 3. The van der Waals surface area contributed by atoms with Gasteiger partial charge in [0.05, 0.1) is 6.07 Å². The van der Waals surface area contributed by atoms with E-state index in [1.165, 1.54) is 12.5 Å². The van der Waals surface area contributed by atoms with Gasteiger partial charge in [0.2, 0.25) is 5.88 Å². The molecule has 94 valence electrons. The summed E-state index contributed by atoms with van der Waals surface area (Å²) in [5.41, 5.74) is 5.57. The molecule has 5 nitrogen and oxygen atoms in total. The molecule has 3 N–H and O–H groups in total. The molecule has 1 aliphatic carbocycles. The average Bonchev–Trinajstić information content (AvgIpc) is 2.28. The molecule has 1 heterocycles. The maximum Gasteiger partial charge on any atom is 0.254 e. The predicted molar refractivity (Wildman–Crippen MR) is 65.0 cm³/mol. The van der Waals surface area contributed by atoms with Crippen LogP contribution in [0.25, 0.3) is 0 Å². The monoisotopic (exact) mass is 237 g/mol. The third kappa shape index (κ3) is 3.06. The molecule has 0 aromatic carbocycles. The molecule has 1 fully saturated rings. The van der Waals surface area contributed by atoms with Crippen LogP contribution in [0.4, 0.5) is 0 Å². The van der Waals surface area contributed by atoms with Crippen LogP contribution in [0, 0.1) is 12.8 Å². The number of nitrogens with zero attached hydrogens (tertiary/aromatic N) is 1. The molecule has 17 heavy (non-hydrogen) atoms. The Morgan fingerprint density at radius 2 is 2.29 bits per heavy atom. The number of aryl methyl sites for hydroxylation is 1.